The van der Waals surface area contributed by atoms with E-state index in [9.17, 15) is 28.8 Å². The molecule has 5 amide bonds. The average molecular weight is 880 g/mol. The number of hydrogen-bond acceptors (Lipinski definition) is 8. The molecule has 5 rings (SSSR count). The Balaban J connectivity index is 1.36. The number of alkyl halides is 1. The Kier molecular flexibility index (Phi) is 15.9. The Hall–Kier alpha value is -4.08. The van der Waals surface area contributed by atoms with Crippen molar-refractivity contribution >= 4 is 69.0 Å². The van der Waals surface area contributed by atoms with Gasteiger partial charge in [0.05, 0.1) is 27.5 Å². The van der Waals surface area contributed by atoms with Gasteiger partial charge in [0.1, 0.15) is 12.1 Å². The number of fused-ring (bicyclic) bond motifs is 1. The van der Waals surface area contributed by atoms with Crippen molar-refractivity contribution in [3.63, 3.8) is 0 Å². The maximum absolute atomic E-state index is 14.6. The monoisotopic (exact) mass is 879 g/mol. The summed E-state index contributed by atoms with van der Waals surface area (Å²) in [6, 6.07) is 24.5. The molecule has 1 unspecified atom stereocenters. The van der Waals surface area contributed by atoms with Crippen molar-refractivity contribution in [1.82, 2.24) is 25.3 Å². The zero-order valence-electron chi connectivity index (χ0n) is 31.5. The predicted octanol–water partition coefficient (Wildman–Crippen LogP) is 5.43. The molecule has 0 radical (unpaired) electrons. The number of thioether (sulfide) groups is 1. The molecule has 4 atom stereocenters. The maximum atomic E-state index is 14.6. The number of unbranched alkanes of at least 4 members (excludes halogenated alkanes) is 1. The van der Waals surface area contributed by atoms with Gasteiger partial charge in [-0.3, -0.25) is 38.6 Å². The normalized spacial score (nSPS) is 18.1. The molecule has 13 heteroatoms. The Bertz CT molecular complexity index is 1780. The molecule has 0 saturated carbocycles. The van der Waals surface area contributed by atoms with Crippen molar-refractivity contribution in [3.05, 3.63) is 107 Å². The highest BCUT2D eigenvalue weighted by atomic mass is 127. The lowest BCUT2D eigenvalue weighted by atomic mass is 9.90. The lowest BCUT2D eigenvalue weighted by molar-refractivity contribution is -0.142. The van der Waals surface area contributed by atoms with Gasteiger partial charge in [0, 0.05) is 19.5 Å². The minimum Gasteiger partial charge on any atom is -0.345 e. The molecule has 55 heavy (non-hydrogen) atoms. The standard InChI is InChI=1S/C42H50IN5O6S/c1-3-46(4-2)27-37(49)55-36(21-13-14-23-48-40(52)32-19-11-12-20-33(32)41(48)53)39(51)45-34-26-31(30-17-9-6-10-18-30)22-24-47(42(34)54)35(38(50)44-28-43)25-29-15-7-5-8-16-29/h5-12,15-20,31,34-36H,3-4,13-14,21-28H2,1-2H3,(H,44,50)(H,45,51)/t31-,34-,35-,36?/m0/s1. The van der Waals surface area contributed by atoms with Crippen molar-refractivity contribution in [3.8, 4) is 0 Å². The number of nitrogens with one attached hydrogen (secondary N) is 2. The van der Waals surface area contributed by atoms with E-state index < -0.39 is 23.2 Å². The highest BCUT2D eigenvalue weighted by Gasteiger charge is 2.40. The van der Waals surface area contributed by atoms with E-state index in [4.69, 9.17) is 0 Å². The maximum Gasteiger partial charge on any atom is 0.261 e. The molecule has 2 aliphatic heterocycles. The van der Waals surface area contributed by atoms with Crippen LogP contribution in [0.4, 0.5) is 0 Å². The van der Waals surface area contributed by atoms with E-state index in [-0.39, 0.29) is 47.8 Å². The van der Waals surface area contributed by atoms with Gasteiger partial charge >= 0.3 is 0 Å². The van der Waals surface area contributed by atoms with Crippen LogP contribution in [0.2, 0.25) is 0 Å². The summed E-state index contributed by atoms with van der Waals surface area (Å²) in [4.78, 5) is 86.6. The smallest absolute Gasteiger partial charge is 0.261 e. The molecule has 292 valence electrons. The number of hydrogen-bond donors (Lipinski definition) is 2. The zero-order chi connectivity index (χ0) is 39.3. The minimum atomic E-state index is -0.940. The highest BCUT2D eigenvalue weighted by Crippen LogP contribution is 2.31. The first-order valence-corrected chi connectivity index (χ1v) is 21.5. The molecule has 2 heterocycles. The molecule has 0 bridgehead atoms. The number of likely N-dealkylation sites (tertiary alicyclic amines) is 1. The number of likely N-dealkylation sites (N-methyl/N-ethyl adjacent to an activating group) is 1. The molecule has 0 aliphatic carbocycles. The Morgan fingerprint density at radius 2 is 1.47 bits per heavy atom. The fourth-order valence-corrected chi connectivity index (χ4v) is 8.72. The van der Waals surface area contributed by atoms with Gasteiger partial charge in [0.2, 0.25) is 22.8 Å². The van der Waals surface area contributed by atoms with Gasteiger partial charge in [-0.15, -0.1) is 0 Å². The highest BCUT2D eigenvalue weighted by molar-refractivity contribution is 14.1. The van der Waals surface area contributed by atoms with Crippen LogP contribution in [-0.2, 0) is 25.6 Å². The van der Waals surface area contributed by atoms with Crippen LogP contribution in [0.25, 0.3) is 0 Å². The molecule has 1 fully saturated rings. The number of rotatable bonds is 18. The van der Waals surface area contributed by atoms with Gasteiger partial charge in [-0.1, -0.05) is 127 Å². The second kappa shape index (κ2) is 20.7. The van der Waals surface area contributed by atoms with Crippen molar-refractivity contribution in [1.29, 1.82) is 0 Å². The fourth-order valence-electron chi connectivity index (χ4n) is 7.31. The average Bonchev–Trinajstić information content (AvgIpc) is 3.33. The summed E-state index contributed by atoms with van der Waals surface area (Å²) in [5.41, 5.74) is 2.73. The molecular weight excluding hydrogens is 829 g/mol. The third-order valence-corrected chi connectivity index (χ3v) is 11.9. The number of carbonyl (C=O) groups excluding carboxylic acids is 6. The topological polar surface area (TPSA) is 136 Å². The van der Waals surface area contributed by atoms with Crippen LogP contribution < -0.4 is 10.6 Å². The van der Waals surface area contributed by atoms with Crippen LogP contribution in [0.5, 0.6) is 0 Å². The third kappa shape index (κ3) is 11.0. The fraction of sp³-hybridized carbons (Fsp3) is 0.429. The van der Waals surface area contributed by atoms with Gasteiger partial charge in [-0.2, -0.15) is 0 Å². The molecule has 3 aromatic rings. The van der Waals surface area contributed by atoms with Crippen molar-refractivity contribution < 1.29 is 28.8 Å². The second-order valence-corrected chi connectivity index (χ2v) is 15.9. The molecule has 0 spiro atoms. The Morgan fingerprint density at radius 3 is 2.09 bits per heavy atom. The summed E-state index contributed by atoms with van der Waals surface area (Å²) >= 11 is 3.04. The summed E-state index contributed by atoms with van der Waals surface area (Å²) in [6.45, 7) is 6.01. The van der Waals surface area contributed by atoms with E-state index in [1.165, 1.54) is 4.90 Å². The van der Waals surface area contributed by atoms with E-state index in [0.29, 0.717) is 73.8 Å². The van der Waals surface area contributed by atoms with Crippen LogP contribution in [-0.4, -0.2) is 104 Å². The first-order chi connectivity index (χ1) is 26.6. The van der Waals surface area contributed by atoms with E-state index >= 15 is 0 Å². The van der Waals surface area contributed by atoms with Gasteiger partial charge in [-0.25, -0.2) is 0 Å². The van der Waals surface area contributed by atoms with E-state index in [0.717, 1.165) is 22.9 Å². The van der Waals surface area contributed by atoms with Crippen molar-refractivity contribution in [2.24, 2.45) is 0 Å². The summed E-state index contributed by atoms with van der Waals surface area (Å²) in [5, 5.41) is 4.99. The first-order valence-electron chi connectivity index (χ1n) is 19.1. The van der Waals surface area contributed by atoms with Gasteiger partial charge in [-0.05, 0) is 68.0 Å². The molecule has 2 aliphatic rings. The summed E-state index contributed by atoms with van der Waals surface area (Å²) < 4.78 is 0.379. The van der Waals surface area contributed by atoms with E-state index in [2.05, 4.69) is 33.2 Å². The number of imide groups is 1. The van der Waals surface area contributed by atoms with Crippen LogP contribution in [0, 0.1) is 0 Å². The predicted molar refractivity (Wildman–Crippen MR) is 223 cm³/mol. The number of halogens is 1. The van der Waals surface area contributed by atoms with Crippen molar-refractivity contribution in [2.45, 2.75) is 75.6 Å². The van der Waals surface area contributed by atoms with Gasteiger partial charge in [0.25, 0.3) is 11.8 Å². The Morgan fingerprint density at radius 1 is 0.855 bits per heavy atom. The van der Waals surface area contributed by atoms with Gasteiger partial charge < -0.3 is 15.5 Å². The van der Waals surface area contributed by atoms with Crippen molar-refractivity contribution in [2.75, 3.05) is 37.3 Å². The summed E-state index contributed by atoms with van der Waals surface area (Å²) in [5.74, 6) is -1.76. The van der Waals surface area contributed by atoms with Crippen LogP contribution in [0.3, 0.4) is 0 Å². The number of benzene rings is 3. The molecule has 11 nitrogen and oxygen atoms in total. The molecular formula is C42H50IN5O6S. The quantitative estimate of drug-likeness (QED) is 0.0568. The number of nitrogens with zero attached hydrogens (tertiary/aromatic N) is 3. The number of carbonyl (C=O) groups is 6. The van der Waals surface area contributed by atoms with Crippen LogP contribution in [0.15, 0.2) is 84.9 Å². The lowest BCUT2D eigenvalue weighted by Crippen LogP contribution is -2.56. The van der Waals surface area contributed by atoms with Crippen LogP contribution >= 0.6 is 34.4 Å². The molecule has 2 N–H and O–H groups in total. The SMILES string of the molecule is CCN(CC)CC(=O)SC(CCCCN1C(=O)c2ccccc2C1=O)C(=O)N[C@H]1C[C@@H](c2ccccc2)CCN([C@@H](Cc2ccccc2)C(=O)NCI)C1=O. The zero-order valence-corrected chi connectivity index (χ0v) is 34.4. The summed E-state index contributed by atoms with van der Waals surface area (Å²) in [7, 11) is 0. The summed E-state index contributed by atoms with van der Waals surface area (Å²) in [6.07, 6.45) is 2.45. The largest absolute Gasteiger partial charge is 0.345 e. The lowest BCUT2D eigenvalue weighted by Gasteiger charge is -2.32. The third-order valence-electron chi connectivity index (χ3n) is 10.4. The minimum absolute atomic E-state index is 0.0690. The van der Waals surface area contributed by atoms with Crippen LogP contribution in [0.1, 0.15) is 83.7 Å². The van der Waals surface area contributed by atoms with Gasteiger partial charge in [0.15, 0.2) is 0 Å². The Labute approximate surface area is 341 Å². The van der Waals surface area contributed by atoms with E-state index in [1.807, 2.05) is 79.4 Å². The molecule has 1 saturated heterocycles. The van der Waals surface area contributed by atoms with E-state index in [1.54, 1.807) is 29.2 Å². The molecule has 0 aromatic heterocycles. The number of amides is 5. The molecule has 3 aromatic carbocycles. The second-order valence-electron chi connectivity index (χ2n) is 13.8. The first kappa shape index (κ1) is 42.1.